The molecule has 8 heteroatoms. The molecule has 4 atom stereocenters. The fourth-order valence-electron chi connectivity index (χ4n) is 5.29. The molecule has 6 nitrogen and oxygen atoms in total. The summed E-state index contributed by atoms with van der Waals surface area (Å²) in [5.41, 5.74) is 0.578. The van der Waals surface area contributed by atoms with Crippen LogP contribution in [0.5, 0.6) is 0 Å². The van der Waals surface area contributed by atoms with E-state index in [1.54, 1.807) is 36.4 Å². The van der Waals surface area contributed by atoms with Crippen LogP contribution in [0.25, 0.3) is 0 Å². The lowest BCUT2D eigenvalue weighted by Crippen LogP contribution is -2.53. The summed E-state index contributed by atoms with van der Waals surface area (Å²) in [6.45, 7) is 4.04. The summed E-state index contributed by atoms with van der Waals surface area (Å²) < 4.78 is 0. The molecule has 2 saturated heterocycles. The second-order valence-electron chi connectivity index (χ2n) is 8.72. The molecule has 31 heavy (non-hydrogen) atoms. The van der Waals surface area contributed by atoms with Crippen LogP contribution < -0.4 is 10.6 Å². The smallest absolute Gasteiger partial charge is 0.250 e. The molecule has 2 aromatic rings. The first-order valence-electron chi connectivity index (χ1n) is 10.2. The summed E-state index contributed by atoms with van der Waals surface area (Å²) >= 11 is 12.5. The number of anilines is 1. The summed E-state index contributed by atoms with van der Waals surface area (Å²) in [6.07, 6.45) is 0. The third-order valence-corrected chi connectivity index (χ3v) is 7.31. The lowest BCUT2D eigenvalue weighted by molar-refractivity contribution is -0.143. The molecular formula is C23H21Cl2N3O3. The lowest BCUT2D eigenvalue weighted by atomic mass is 9.76. The maximum Gasteiger partial charge on any atom is 0.250 e. The highest BCUT2D eigenvalue weighted by molar-refractivity contribution is 6.31. The normalized spacial score (nSPS) is 29.1. The van der Waals surface area contributed by atoms with Gasteiger partial charge in [0, 0.05) is 27.3 Å². The summed E-state index contributed by atoms with van der Waals surface area (Å²) in [4.78, 5) is 41.8. The standard InChI is InChI=1S/C23H21Cl2N3O3/c1-11(2)19-17-18(21(30)28(20(17)29)10-12-5-3-4-6-15(12)25)23(27-19)14-9-13(24)7-8-16(14)26-22(23)31/h3-9,11,17-19,27H,10H2,1-2H3,(H,26,31)/t17-,18-,19?,23?/m1/s1. The van der Waals surface area contributed by atoms with Crippen molar-refractivity contribution >= 4 is 46.6 Å². The average molecular weight is 458 g/mol. The highest BCUT2D eigenvalue weighted by atomic mass is 35.5. The molecule has 0 bridgehead atoms. The Hall–Kier alpha value is -2.41. The Morgan fingerprint density at radius 2 is 1.81 bits per heavy atom. The Labute approximate surface area is 189 Å². The monoisotopic (exact) mass is 457 g/mol. The molecule has 0 saturated carbocycles. The van der Waals surface area contributed by atoms with E-state index >= 15 is 0 Å². The second kappa shape index (κ2) is 7.05. The van der Waals surface area contributed by atoms with Gasteiger partial charge in [0.05, 0.1) is 18.4 Å². The number of carbonyl (C=O) groups is 3. The molecule has 3 amide bonds. The molecule has 2 unspecified atom stereocenters. The van der Waals surface area contributed by atoms with E-state index in [0.29, 0.717) is 26.9 Å². The number of likely N-dealkylation sites (tertiary alicyclic amines) is 1. The van der Waals surface area contributed by atoms with Crippen LogP contribution in [0.4, 0.5) is 5.69 Å². The number of hydrogen-bond acceptors (Lipinski definition) is 4. The van der Waals surface area contributed by atoms with Gasteiger partial charge in [0.1, 0.15) is 5.54 Å². The van der Waals surface area contributed by atoms with Crippen molar-refractivity contribution in [2.45, 2.75) is 32.0 Å². The SMILES string of the molecule is CC(C)C1NC2(C(=O)Nc3ccc(Cl)cc32)[C@H]2C(=O)N(Cc3ccccc3Cl)C(=O)[C@@H]12. The van der Waals surface area contributed by atoms with Crippen molar-refractivity contribution in [3.8, 4) is 0 Å². The Kier molecular flexibility index (Phi) is 4.66. The van der Waals surface area contributed by atoms with Gasteiger partial charge < -0.3 is 5.32 Å². The van der Waals surface area contributed by atoms with Crippen molar-refractivity contribution in [2.24, 2.45) is 17.8 Å². The van der Waals surface area contributed by atoms with Crippen molar-refractivity contribution in [1.82, 2.24) is 10.2 Å². The quantitative estimate of drug-likeness (QED) is 0.690. The lowest BCUT2D eigenvalue weighted by Gasteiger charge is -2.30. The number of nitrogens with one attached hydrogen (secondary N) is 2. The van der Waals surface area contributed by atoms with Gasteiger partial charge in [-0.25, -0.2) is 0 Å². The number of fused-ring (bicyclic) bond motifs is 4. The van der Waals surface area contributed by atoms with Gasteiger partial charge in [-0.15, -0.1) is 0 Å². The highest BCUT2D eigenvalue weighted by Gasteiger charge is 2.70. The van der Waals surface area contributed by atoms with Crippen LogP contribution in [-0.2, 0) is 26.5 Å². The van der Waals surface area contributed by atoms with Crippen LogP contribution in [0.1, 0.15) is 25.0 Å². The maximum atomic E-state index is 13.7. The summed E-state index contributed by atoms with van der Waals surface area (Å²) in [7, 11) is 0. The Morgan fingerprint density at radius 1 is 1.06 bits per heavy atom. The van der Waals surface area contributed by atoms with Crippen molar-refractivity contribution in [3.63, 3.8) is 0 Å². The summed E-state index contributed by atoms with van der Waals surface area (Å²) in [5.74, 6) is -2.45. The molecule has 3 aliphatic heterocycles. The number of nitrogens with zero attached hydrogens (tertiary/aromatic N) is 1. The van der Waals surface area contributed by atoms with E-state index in [-0.39, 0.29) is 36.2 Å². The summed E-state index contributed by atoms with van der Waals surface area (Å²) in [5, 5.41) is 7.22. The third kappa shape index (κ3) is 2.78. The zero-order chi connectivity index (χ0) is 22.1. The predicted molar refractivity (Wildman–Crippen MR) is 118 cm³/mol. The van der Waals surface area contributed by atoms with Gasteiger partial charge in [0.25, 0.3) is 0 Å². The van der Waals surface area contributed by atoms with E-state index < -0.39 is 17.4 Å². The van der Waals surface area contributed by atoms with Gasteiger partial charge in [-0.3, -0.25) is 24.6 Å². The fourth-order valence-corrected chi connectivity index (χ4v) is 5.66. The number of imide groups is 1. The molecule has 2 aromatic carbocycles. The third-order valence-electron chi connectivity index (χ3n) is 6.71. The van der Waals surface area contributed by atoms with Crippen LogP contribution in [-0.4, -0.2) is 28.7 Å². The first kappa shape index (κ1) is 20.5. The van der Waals surface area contributed by atoms with E-state index in [0.717, 1.165) is 0 Å². The van der Waals surface area contributed by atoms with Gasteiger partial charge in [-0.05, 0) is 35.7 Å². The molecule has 3 aliphatic rings. The van der Waals surface area contributed by atoms with E-state index in [4.69, 9.17) is 23.2 Å². The Balaban J connectivity index is 1.63. The molecule has 1 spiro atoms. The number of rotatable bonds is 3. The summed E-state index contributed by atoms with van der Waals surface area (Å²) in [6, 6.07) is 11.9. The molecule has 3 heterocycles. The largest absolute Gasteiger partial charge is 0.324 e. The fraction of sp³-hybridized carbons (Fsp3) is 0.348. The Morgan fingerprint density at radius 3 is 2.52 bits per heavy atom. The van der Waals surface area contributed by atoms with Gasteiger partial charge in [0.2, 0.25) is 17.7 Å². The molecule has 0 aromatic heterocycles. The first-order chi connectivity index (χ1) is 14.8. The van der Waals surface area contributed by atoms with Crippen LogP contribution in [0.15, 0.2) is 42.5 Å². The minimum atomic E-state index is -1.33. The van der Waals surface area contributed by atoms with Gasteiger partial charge in [-0.1, -0.05) is 55.2 Å². The zero-order valence-corrected chi connectivity index (χ0v) is 18.5. The van der Waals surface area contributed by atoms with Gasteiger partial charge in [-0.2, -0.15) is 0 Å². The maximum absolute atomic E-state index is 13.7. The van der Waals surface area contributed by atoms with E-state index in [9.17, 15) is 14.4 Å². The number of halogens is 2. The average Bonchev–Trinajstić information content (AvgIpc) is 3.31. The minimum absolute atomic E-state index is 0.0277. The molecule has 5 rings (SSSR count). The molecule has 0 radical (unpaired) electrons. The van der Waals surface area contributed by atoms with Crippen molar-refractivity contribution in [1.29, 1.82) is 0 Å². The molecule has 2 N–H and O–H groups in total. The van der Waals surface area contributed by atoms with Gasteiger partial charge in [0.15, 0.2) is 0 Å². The van der Waals surface area contributed by atoms with Crippen LogP contribution in [0.2, 0.25) is 10.0 Å². The molecule has 0 aliphatic carbocycles. The zero-order valence-electron chi connectivity index (χ0n) is 17.0. The molecule has 2 fully saturated rings. The van der Waals surface area contributed by atoms with Crippen molar-refractivity contribution in [3.05, 3.63) is 63.6 Å². The predicted octanol–water partition coefficient (Wildman–Crippen LogP) is 3.57. The second-order valence-corrected chi connectivity index (χ2v) is 9.57. The van der Waals surface area contributed by atoms with Crippen molar-refractivity contribution in [2.75, 3.05) is 5.32 Å². The highest BCUT2D eigenvalue weighted by Crippen LogP contribution is 2.54. The number of carbonyl (C=O) groups excluding carboxylic acids is 3. The number of hydrogen-bond donors (Lipinski definition) is 2. The Bertz CT molecular complexity index is 1130. The van der Waals surface area contributed by atoms with Crippen molar-refractivity contribution < 1.29 is 14.4 Å². The van der Waals surface area contributed by atoms with E-state index in [1.165, 1.54) is 4.90 Å². The van der Waals surface area contributed by atoms with Crippen LogP contribution in [0, 0.1) is 17.8 Å². The number of benzene rings is 2. The molecular weight excluding hydrogens is 437 g/mol. The van der Waals surface area contributed by atoms with E-state index in [1.807, 2.05) is 19.9 Å². The topological polar surface area (TPSA) is 78.5 Å². The molecule has 160 valence electrons. The van der Waals surface area contributed by atoms with Crippen LogP contribution in [0.3, 0.4) is 0 Å². The van der Waals surface area contributed by atoms with Gasteiger partial charge >= 0.3 is 0 Å². The minimum Gasteiger partial charge on any atom is -0.324 e. The first-order valence-corrected chi connectivity index (χ1v) is 11.0. The van der Waals surface area contributed by atoms with Crippen LogP contribution >= 0.6 is 23.2 Å². The van der Waals surface area contributed by atoms with E-state index in [2.05, 4.69) is 10.6 Å². The number of amides is 3.